The predicted molar refractivity (Wildman–Crippen MR) is 74.2 cm³/mol. The van der Waals surface area contributed by atoms with Crippen LogP contribution in [0.1, 0.15) is 28.7 Å². The maximum absolute atomic E-state index is 12.5. The first kappa shape index (κ1) is 16.9. The summed E-state index contributed by atoms with van der Waals surface area (Å²) in [6, 6.07) is 9.89. The van der Waals surface area contributed by atoms with Gasteiger partial charge in [-0.25, -0.2) is 8.78 Å². The number of alkyl halides is 5. The van der Waals surface area contributed by atoms with Crippen molar-refractivity contribution >= 4 is 6.21 Å². The molecule has 2 rings (SSSR count). The van der Waals surface area contributed by atoms with E-state index >= 15 is 0 Å². The number of nitrogens with zero attached hydrogens (tertiary/aromatic N) is 1. The highest BCUT2D eigenvalue weighted by Gasteiger charge is 2.29. The molecule has 0 N–H and O–H groups in total. The Morgan fingerprint density at radius 2 is 1.74 bits per heavy atom. The van der Waals surface area contributed by atoms with Crippen molar-refractivity contribution in [1.82, 2.24) is 0 Å². The van der Waals surface area contributed by atoms with Crippen LogP contribution in [-0.2, 0) is 17.6 Å². The fourth-order valence-corrected chi connectivity index (χ4v) is 1.73. The topological polar surface area (TPSA) is 21.6 Å². The van der Waals surface area contributed by atoms with E-state index in [1.165, 1.54) is 36.4 Å². The Morgan fingerprint density at radius 1 is 1.04 bits per heavy atom. The van der Waals surface area contributed by atoms with Crippen molar-refractivity contribution < 1.29 is 26.8 Å². The van der Waals surface area contributed by atoms with Crippen molar-refractivity contribution in [2.24, 2.45) is 5.16 Å². The van der Waals surface area contributed by atoms with E-state index in [4.69, 9.17) is 4.84 Å². The van der Waals surface area contributed by atoms with Crippen LogP contribution >= 0.6 is 0 Å². The lowest BCUT2D eigenvalue weighted by Gasteiger charge is -2.06. The van der Waals surface area contributed by atoms with Gasteiger partial charge in [-0.1, -0.05) is 35.5 Å². The van der Waals surface area contributed by atoms with Crippen molar-refractivity contribution in [2.75, 3.05) is 0 Å². The fourth-order valence-electron chi connectivity index (χ4n) is 1.73. The minimum atomic E-state index is -4.39. The molecule has 0 aliphatic heterocycles. The van der Waals surface area contributed by atoms with Crippen LogP contribution in [0.5, 0.6) is 0 Å². The van der Waals surface area contributed by atoms with Gasteiger partial charge >= 0.3 is 6.18 Å². The molecule has 2 aromatic carbocycles. The first-order chi connectivity index (χ1) is 10.9. The smallest absolute Gasteiger partial charge is 0.390 e. The van der Waals surface area contributed by atoms with Gasteiger partial charge in [-0.15, -0.1) is 0 Å². The molecule has 0 saturated heterocycles. The number of hydrogen-bond donors (Lipinski definition) is 0. The van der Waals surface area contributed by atoms with Crippen molar-refractivity contribution in [3.05, 3.63) is 70.8 Å². The van der Waals surface area contributed by atoms with Crippen LogP contribution in [0.3, 0.4) is 0 Å². The van der Waals surface area contributed by atoms with Crippen LogP contribution in [0.25, 0.3) is 0 Å². The molecule has 2 aromatic rings. The van der Waals surface area contributed by atoms with Gasteiger partial charge in [0, 0.05) is 11.1 Å². The van der Waals surface area contributed by atoms with E-state index in [0.29, 0.717) is 11.1 Å². The highest BCUT2D eigenvalue weighted by atomic mass is 19.4. The zero-order chi connectivity index (χ0) is 16.9. The molecule has 0 aromatic heterocycles. The largest absolute Gasteiger partial charge is 0.416 e. The summed E-state index contributed by atoms with van der Waals surface area (Å²) in [6.07, 6.45) is -4.55. The zero-order valence-corrected chi connectivity index (χ0v) is 11.6. The van der Waals surface area contributed by atoms with Gasteiger partial charge in [-0.3, -0.25) is 0 Å². The molecule has 0 spiro atoms. The van der Waals surface area contributed by atoms with Crippen molar-refractivity contribution in [1.29, 1.82) is 0 Å². The number of halogens is 5. The average Bonchev–Trinajstić information content (AvgIpc) is 2.51. The Bertz CT molecular complexity index is 665. The van der Waals surface area contributed by atoms with Crippen molar-refractivity contribution in [3.63, 3.8) is 0 Å². The van der Waals surface area contributed by atoms with Gasteiger partial charge in [0.15, 0.2) is 0 Å². The van der Waals surface area contributed by atoms with E-state index in [2.05, 4.69) is 11.4 Å². The normalized spacial score (nSPS) is 12.1. The molecule has 0 atom stereocenters. The third-order valence-corrected chi connectivity index (χ3v) is 2.89. The van der Waals surface area contributed by atoms with Crippen molar-refractivity contribution in [3.8, 4) is 0 Å². The molecule has 0 unspecified atom stereocenters. The summed E-state index contributed by atoms with van der Waals surface area (Å²) in [7, 11) is 0. The highest BCUT2D eigenvalue weighted by Crippen LogP contribution is 2.29. The molecule has 7 heteroatoms. The van der Waals surface area contributed by atoms with Crippen LogP contribution in [-0.4, -0.2) is 6.21 Å². The molecule has 121 valence electrons. The molecular weight excluding hydrogens is 317 g/mol. The second-order valence-corrected chi connectivity index (χ2v) is 4.60. The minimum Gasteiger partial charge on any atom is -0.390 e. The molecule has 0 amide bonds. The maximum Gasteiger partial charge on any atom is 0.416 e. The molecule has 0 aliphatic rings. The van der Waals surface area contributed by atoms with Gasteiger partial charge in [0.1, 0.15) is 12.8 Å². The number of benzene rings is 2. The van der Waals surface area contributed by atoms with Gasteiger partial charge in [-0.2, -0.15) is 13.2 Å². The Balaban J connectivity index is 1.90. The molecule has 0 heterocycles. The molecule has 0 saturated carbocycles. The first-order valence-corrected chi connectivity index (χ1v) is 6.48. The monoisotopic (exact) mass is 328 g/mol. The van der Waals surface area contributed by atoms with Crippen LogP contribution in [0.15, 0.2) is 53.7 Å². The second kappa shape index (κ2) is 7.21. The Morgan fingerprint density at radius 3 is 2.35 bits per heavy atom. The van der Waals surface area contributed by atoms with E-state index in [-0.39, 0.29) is 12.2 Å². The highest BCUT2D eigenvalue weighted by molar-refractivity contribution is 5.79. The average molecular weight is 328 g/mol. The second-order valence-electron chi connectivity index (χ2n) is 4.60. The Hall–Kier alpha value is -2.44. The molecule has 23 heavy (non-hydrogen) atoms. The Kier molecular flexibility index (Phi) is 5.31. The first-order valence-electron chi connectivity index (χ1n) is 6.48. The molecule has 2 nitrogen and oxygen atoms in total. The lowest BCUT2D eigenvalue weighted by Crippen LogP contribution is -2.04. The van der Waals surface area contributed by atoms with E-state index in [0.717, 1.165) is 12.1 Å². The van der Waals surface area contributed by atoms with E-state index < -0.39 is 18.2 Å². The standard InChI is InChI=1S/C16H11F5NO/c17-15(18)13-3-1-2-12(8-13)9-22-23-10-11-4-6-14(7-5-11)16(19,20)21/h1-8,15H,10H2. The van der Waals surface area contributed by atoms with E-state index in [1.807, 2.05) is 0 Å². The number of rotatable bonds is 5. The van der Waals surface area contributed by atoms with Gasteiger partial charge < -0.3 is 4.84 Å². The molecular formula is C16H11F5NO. The summed E-state index contributed by atoms with van der Waals surface area (Å²) in [6.45, 7) is -0.0559. The maximum atomic E-state index is 12.5. The quantitative estimate of drug-likeness (QED) is 0.426. The van der Waals surface area contributed by atoms with E-state index in [9.17, 15) is 22.0 Å². The zero-order valence-electron chi connectivity index (χ0n) is 11.6. The van der Waals surface area contributed by atoms with Crippen LogP contribution in [0.4, 0.5) is 22.0 Å². The molecule has 0 bridgehead atoms. The summed E-state index contributed by atoms with van der Waals surface area (Å²) >= 11 is 0. The molecule has 1 radical (unpaired) electrons. The predicted octanol–water partition coefficient (Wildman–Crippen LogP) is 5.07. The number of hydrogen-bond acceptors (Lipinski definition) is 2. The molecule has 0 fully saturated rings. The van der Waals surface area contributed by atoms with Crippen LogP contribution < -0.4 is 0 Å². The van der Waals surface area contributed by atoms with Crippen LogP contribution in [0, 0.1) is 0 Å². The van der Waals surface area contributed by atoms with Crippen molar-refractivity contribution in [2.45, 2.75) is 19.2 Å². The van der Waals surface area contributed by atoms with E-state index in [1.54, 1.807) is 0 Å². The van der Waals surface area contributed by atoms with Gasteiger partial charge in [0.05, 0.1) is 5.56 Å². The summed E-state index contributed by atoms with van der Waals surface area (Å²) in [5, 5.41) is 3.49. The third kappa shape index (κ3) is 5.05. The fraction of sp³-hybridized carbons (Fsp3) is 0.188. The van der Waals surface area contributed by atoms with Gasteiger partial charge in [0.25, 0.3) is 6.43 Å². The SMILES string of the molecule is FC(F)c1cccc(/[C]=N\OCc2ccc(C(F)(F)F)cc2)c1. The minimum absolute atomic E-state index is 0.0559. The van der Waals surface area contributed by atoms with Gasteiger partial charge in [0.2, 0.25) is 0 Å². The summed E-state index contributed by atoms with van der Waals surface area (Å²) in [5.41, 5.74) is -0.104. The molecule has 0 aliphatic carbocycles. The summed E-state index contributed by atoms with van der Waals surface area (Å²) < 4.78 is 62.2. The lowest BCUT2D eigenvalue weighted by atomic mass is 10.1. The van der Waals surface area contributed by atoms with Crippen LogP contribution in [0.2, 0.25) is 0 Å². The Labute approximate surface area is 129 Å². The lowest BCUT2D eigenvalue weighted by molar-refractivity contribution is -0.137. The summed E-state index contributed by atoms with van der Waals surface area (Å²) in [4.78, 5) is 4.89. The summed E-state index contributed by atoms with van der Waals surface area (Å²) in [5.74, 6) is 0. The third-order valence-electron chi connectivity index (χ3n) is 2.89. The van der Waals surface area contributed by atoms with Gasteiger partial charge in [-0.05, 0) is 23.8 Å².